The summed E-state index contributed by atoms with van der Waals surface area (Å²) in [4.78, 5) is 12.9. The van der Waals surface area contributed by atoms with Gasteiger partial charge in [0.2, 0.25) is 0 Å². The van der Waals surface area contributed by atoms with Gasteiger partial charge in [-0.2, -0.15) is 0 Å². The van der Waals surface area contributed by atoms with Gasteiger partial charge in [0.1, 0.15) is 23.6 Å². The Labute approximate surface area is 240 Å². The Hall–Kier alpha value is -2.43. The third-order valence-electron chi connectivity index (χ3n) is 7.65. The van der Waals surface area contributed by atoms with E-state index in [0.717, 1.165) is 41.4 Å². The molecular weight excluding hydrogens is 526 g/mol. The highest BCUT2D eigenvalue weighted by molar-refractivity contribution is 6.73. The number of hydrogen-bond donors (Lipinski definition) is 1. The number of rotatable bonds is 18. The Morgan fingerprint density at radius 1 is 1.05 bits per heavy atom. The Morgan fingerprint density at radius 3 is 2.48 bits per heavy atom. The molecule has 0 saturated heterocycles. The van der Waals surface area contributed by atoms with E-state index in [2.05, 4.69) is 26.1 Å². The maximum absolute atomic E-state index is 12.9. The zero-order valence-corrected chi connectivity index (χ0v) is 25.8. The van der Waals surface area contributed by atoms with E-state index >= 15 is 0 Å². The molecular formula is C31H47NO7Si. The summed E-state index contributed by atoms with van der Waals surface area (Å²) >= 11 is 0. The van der Waals surface area contributed by atoms with Crippen LogP contribution in [0.15, 0.2) is 48.5 Å². The molecule has 1 aliphatic rings. The quantitative estimate of drug-likeness (QED) is 0.114. The number of fused-ring (bicyclic) bond motifs is 1. The van der Waals surface area contributed by atoms with Crippen LogP contribution in [-0.4, -0.2) is 72.8 Å². The Balaban J connectivity index is 1.78. The van der Waals surface area contributed by atoms with Crippen LogP contribution in [0, 0.1) is 0 Å². The van der Waals surface area contributed by atoms with Crippen molar-refractivity contribution in [2.45, 2.75) is 76.9 Å². The summed E-state index contributed by atoms with van der Waals surface area (Å²) in [5, 5.41) is 3.46. The zero-order chi connectivity index (χ0) is 28.8. The van der Waals surface area contributed by atoms with Crippen molar-refractivity contribution in [2.75, 3.05) is 40.3 Å². The summed E-state index contributed by atoms with van der Waals surface area (Å²) in [6, 6.07) is 18.6. The minimum atomic E-state index is -1.91. The molecule has 0 aromatic heterocycles. The first-order valence-electron chi connectivity index (χ1n) is 14.6. The molecule has 8 nitrogen and oxygen atoms in total. The largest absolute Gasteiger partial charge is 0.486 e. The van der Waals surface area contributed by atoms with Crippen LogP contribution in [0.4, 0.5) is 0 Å². The predicted octanol–water partition coefficient (Wildman–Crippen LogP) is 5.14. The Kier molecular flexibility index (Phi) is 13.4. The summed E-state index contributed by atoms with van der Waals surface area (Å²) in [6.45, 7) is 10.4. The molecule has 2 aromatic carbocycles. The minimum Gasteiger partial charge on any atom is -0.486 e. The van der Waals surface area contributed by atoms with Gasteiger partial charge >= 0.3 is 5.97 Å². The van der Waals surface area contributed by atoms with E-state index in [0.29, 0.717) is 38.5 Å². The second-order valence-corrected chi connectivity index (χ2v) is 14.8. The number of methoxy groups -OCH3 is 1. The van der Waals surface area contributed by atoms with Crippen molar-refractivity contribution in [3.8, 4) is 11.5 Å². The summed E-state index contributed by atoms with van der Waals surface area (Å²) < 4.78 is 35.2. The van der Waals surface area contributed by atoms with Crippen molar-refractivity contribution in [1.29, 1.82) is 0 Å². The van der Waals surface area contributed by atoms with E-state index in [4.69, 9.17) is 28.1 Å². The zero-order valence-electron chi connectivity index (χ0n) is 24.8. The van der Waals surface area contributed by atoms with Crippen LogP contribution in [-0.2, 0) is 36.3 Å². The number of ether oxygens (including phenoxy) is 5. The molecule has 222 valence electrons. The lowest BCUT2D eigenvalue weighted by atomic mass is 9.98. The molecule has 1 aliphatic heterocycles. The van der Waals surface area contributed by atoms with E-state index in [1.165, 1.54) is 0 Å². The van der Waals surface area contributed by atoms with Gasteiger partial charge in [-0.25, -0.2) is 0 Å². The lowest BCUT2D eigenvalue weighted by Crippen LogP contribution is -2.54. The molecule has 2 aromatic rings. The Bertz CT molecular complexity index is 1010. The minimum absolute atomic E-state index is 0.116. The van der Waals surface area contributed by atoms with Gasteiger partial charge in [-0.3, -0.25) is 4.79 Å². The summed E-state index contributed by atoms with van der Waals surface area (Å²) in [6.07, 6.45) is 0.886. The van der Waals surface area contributed by atoms with Gasteiger partial charge in [-0.05, 0) is 48.7 Å². The van der Waals surface area contributed by atoms with Crippen LogP contribution in [0.3, 0.4) is 0 Å². The fraction of sp³-hybridized carbons (Fsp3) is 0.581. The molecule has 40 heavy (non-hydrogen) atoms. The van der Waals surface area contributed by atoms with Crippen LogP contribution < -0.4 is 14.8 Å². The average molecular weight is 574 g/mol. The standard InChI is InChI=1S/C31H47NO7Si/c1-6-36-31(33)27(19-24-13-11-10-12-14-24)32-22-30-29(39-40(7-2,8-3)9-4)20-25-15-16-26(21-28(25)38-30)37-23-35-18-17-34-5/h10-16,21,27,29-30,32H,6-9,17-20,22-23H2,1-5H3/t27-,29-,30+/m0/s1. The fourth-order valence-electron chi connectivity index (χ4n) is 5.00. The highest BCUT2D eigenvalue weighted by Crippen LogP contribution is 2.35. The number of hydrogen-bond acceptors (Lipinski definition) is 8. The first-order chi connectivity index (χ1) is 19.5. The van der Waals surface area contributed by atoms with Crippen LogP contribution >= 0.6 is 0 Å². The van der Waals surface area contributed by atoms with Gasteiger partial charge in [-0.15, -0.1) is 0 Å². The monoisotopic (exact) mass is 573 g/mol. The molecule has 1 heterocycles. The molecule has 3 rings (SSSR count). The van der Waals surface area contributed by atoms with Gasteiger partial charge in [-0.1, -0.05) is 57.2 Å². The predicted molar refractivity (Wildman–Crippen MR) is 159 cm³/mol. The first kappa shape index (κ1) is 32.1. The summed E-state index contributed by atoms with van der Waals surface area (Å²) in [5.41, 5.74) is 2.16. The highest BCUT2D eigenvalue weighted by Gasteiger charge is 2.39. The SMILES string of the molecule is CCOC(=O)[C@H](Cc1ccccc1)NC[C@H]1Oc2cc(OCOCCOC)ccc2C[C@@H]1O[Si](CC)(CC)CC. The number of nitrogens with one attached hydrogen (secondary N) is 1. The second-order valence-electron chi connectivity index (χ2n) is 10.1. The van der Waals surface area contributed by atoms with Crippen molar-refractivity contribution >= 4 is 14.3 Å². The van der Waals surface area contributed by atoms with E-state index in [1.807, 2.05) is 55.5 Å². The normalized spacial score (nSPS) is 17.5. The summed E-state index contributed by atoms with van der Waals surface area (Å²) in [5.74, 6) is 1.19. The number of carbonyl (C=O) groups is 1. The Morgan fingerprint density at radius 2 is 1.80 bits per heavy atom. The van der Waals surface area contributed by atoms with Crippen LogP contribution in [0.5, 0.6) is 11.5 Å². The van der Waals surface area contributed by atoms with Gasteiger partial charge in [0.15, 0.2) is 15.1 Å². The molecule has 0 fully saturated rings. The lowest BCUT2D eigenvalue weighted by molar-refractivity contribution is -0.145. The second kappa shape index (κ2) is 16.7. The van der Waals surface area contributed by atoms with Crippen molar-refractivity contribution < 1.29 is 32.9 Å². The maximum atomic E-state index is 12.9. The molecule has 1 N–H and O–H groups in total. The van der Waals surface area contributed by atoms with Crippen molar-refractivity contribution in [3.63, 3.8) is 0 Å². The van der Waals surface area contributed by atoms with Gasteiger partial charge < -0.3 is 33.4 Å². The van der Waals surface area contributed by atoms with E-state index < -0.39 is 14.4 Å². The topological polar surface area (TPSA) is 84.5 Å². The molecule has 0 aliphatic carbocycles. The van der Waals surface area contributed by atoms with Crippen LogP contribution in [0.1, 0.15) is 38.8 Å². The van der Waals surface area contributed by atoms with Crippen molar-refractivity contribution in [2.24, 2.45) is 0 Å². The molecule has 0 saturated carbocycles. The first-order valence-corrected chi connectivity index (χ1v) is 17.1. The molecule has 0 radical (unpaired) electrons. The van der Waals surface area contributed by atoms with Gasteiger partial charge in [0.25, 0.3) is 0 Å². The van der Waals surface area contributed by atoms with Crippen molar-refractivity contribution in [1.82, 2.24) is 5.32 Å². The number of esters is 1. The molecule has 0 bridgehead atoms. The smallest absolute Gasteiger partial charge is 0.323 e. The molecule has 0 spiro atoms. The van der Waals surface area contributed by atoms with Gasteiger partial charge in [0.05, 0.1) is 25.9 Å². The van der Waals surface area contributed by atoms with E-state index in [1.54, 1.807) is 7.11 Å². The fourth-order valence-corrected chi connectivity index (χ4v) is 7.88. The van der Waals surface area contributed by atoms with Gasteiger partial charge in [0, 0.05) is 26.1 Å². The van der Waals surface area contributed by atoms with Crippen LogP contribution in [0.25, 0.3) is 0 Å². The number of carbonyl (C=O) groups excluding carboxylic acids is 1. The lowest BCUT2D eigenvalue weighted by Gasteiger charge is -2.40. The number of benzene rings is 2. The third-order valence-corrected chi connectivity index (χ3v) is 12.3. The van der Waals surface area contributed by atoms with Crippen molar-refractivity contribution in [3.05, 3.63) is 59.7 Å². The highest BCUT2D eigenvalue weighted by atomic mass is 28.4. The third kappa shape index (κ3) is 9.31. The van der Waals surface area contributed by atoms with E-state index in [9.17, 15) is 4.79 Å². The molecule has 9 heteroatoms. The molecule has 3 atom stereocenters. The van der Waals surface area contributed by atoms with E-state index in [-0.39, 0.29) is 25.0 Å². The maximum Gasteiger partial charge on any atom is 0.323 e. The molecule has 0 amide bonds. The average Bonchev–Trinajstić information content (AvgIpc) is 2.98. The van der Waals surface area contributed by atoms with Crippen LogP contribution in [0.2, 0.25) is 18.1 Å². The summed E-state index contributed by atoms with van der Waals surface area (Å²) in [7, 11) is -0.273. The molecule has 0 unspecified atom stereocenters.